The van der Waals surface area contributed by atoms with Crippen molar-refractivity contribution in [1.29, 1.82) is 0 Å². The highest BCUT2D eigenvalue weighted by Crippen LogP contribution is 2.26. The summed E-state index contributed by atoms with van der Waals surface area (Å²) in [7, 11) is -3.50. The Bertz CT molecular complexity index is 1100. The Morgan fingerprint density at radius 1 is 0.941 bits per heavy atom. The molecule has 2 heterocycles. The largest absolute Gasteiger partial charge is 0.378 e. The smallest absolute Gasteiger partial charge is 0.223 e. The monoisotopic (exact) mass is 525 g/mol. The molecule has 2 aromatic rings. The van der Waals surface area contributed by atoms with E-state index < -0.39 is 10.0 Å². The van der Waals surface area contributed by atoms with E-state index in [-0.39, 0.29) is 17.6 Å². The minimum atomic E-state index is -3.50. The number of piperidine rings is 1. The molecule has 2 aliphatic heterocycles. The summed E-state index contributed by atoms with van der Waals surface area (Å²) < 4.78 is 32.5. The van der Waals surface area contributed by atoms with E-state index >= 15 is 0 Å². The van der Waals surface area contributed by atoms with Gasteiger partial charge in [0.15, 0.2) is 0 Å². The number of anilines is 1. The molecule has 0 saturated carbocycles. The van der Waals surface area contributed by atoms with Crippen molar-refractivity contribution in [2.45, 2.75) is 25.1 Å². The molecule has 34 heavy (non-hydrogen) atoms. The van der Waals surface area contributed by atoms with Crippen molar-refractivity contribution in [3.63, 3.8) is 0 Å². The summed E-state index contributed by atoms with van der Waals surface area (Å²) in [5.74, 6) is -0.357. The highest BCUT2D eigenvalue weighted by Gasteiger charge is 2.31. The molecule has 0 bridgehead atoms. The first kappa shape index (κ1) is 25.3. The average Bonchev–Trinajstić information content (AvgIpc) is 2.85. The predicted molar refractivity (Wildman–Crippen MR) is 135 cm³/mol. The van der Waals surface area contributed by atoms with Crippen molar-refractivity contribution < 1.29 is 17.9 Å². The van der Waals surface area contributed by atoms with E-state index in [1.807, 2.05) is 12.1 Å². The topological polar surface area (TPSA) is 79.0 Å². The summed E-state index contributed by atoms with van der Waals surface area (Å²) in [6, 6.07) is 13.1. The zero-order valence-electron chi connectivity index (χ0n) is 18.9. The highest BCUT2D eigenvalue weighted by molar-refractivity contribution is 7.88. The van der Waals surface area contributed by atoms with Gasteiger partial charge in [-0.15, -0.1) is 0 Å². The third kappa shape index (κ3) is 6.43. The van der Waals surface area contributed by atoms with Crippen LogP contribution in [0.25, 0.3) is 0 Å². The molecular formula is C24H29Cl2N3O4S. The first-order valence-electron chi connectivity index (χ1n) is 11.4. The van der Waals surface area contributed by atoms with Crippen LogP contribution in [0.2, 0.25) is 10.0 Å². The van der Waals surface area contributed by atoms with E-state index in [0.717, 1.165) is 37.6 Å². The van der Waals surface area contributed by atoms with E-state index in [1.54, 1.807) is 18.2 Å². The van der Waals surface area contributed by atoms with Crippen LogP contribution in [0.5, 0.6) is 0 Å². The lowest BCUT2D eigenvalue weighted by molar-refractivity contribution is -0.126. The molecule has 0 atom stereocenters. The first-order chi connectivity index (χ1) is 16.3. The number of benzene rings is 2. The van der Waals surface area contributed by atoms with Gasteiger partial charge in [0.2, 0.25) is 15.9 Å². The van der Waals surface area contributed by atoms with E-state index in [1.165, 1.54) is 4.31 Å². The SMILES string of the molecule is O=C(NCc1ccc(N2CCOCC2)cc1)C1CCN(S(=O)(=O)Cc2ccc(Cl)c(Cl)c2)CC1. The van der Waals surface area contributed by atoms with Gasteiger partial charge in [0.05, 0.1) is 29.0 Å². The summed E-state index contributed by atoms with van der Waals surface area (Å²) in [4.78, 5) is 15.0. The lowest BCUT2D eigenvalue weighted by Gasteiger charge is -2.30. The Morgan fingerprint density at radius 2 is 1.59 bits per heavy atom. The molecular weight excluding hydrogens is 497 g/mol. The number of hydrogen-bond donors (Lipinski definition) is 1. The second-order valence-corrected chi connectivity index (χ2v) is 11.4. The standard InChI is InChI=1S/C24H29Cl2N3O4S/c25-22-6-3-19(15-23(22)26)17-34(31,32)29-9-7-20(8-10-29)24(30)27-16-18-1-4-21(5-2-18)28-11-13-33-14-12-28/h1-6,15,20H,7-14,16-17H2,(H,27,30). The number of morpholine rings is 1. The van der Waals surface area contributed by atoms with Gasteiger partial charge in [-0.1, -0.05) is 41.4 Å². The van der Waals surface area contributed by atoms with Gasteiger partial charge < -0.3 is 15.0 Å². The van der Waals surface area contributed by atoms with E-state index in [2.05, 4.69) is 22.3 Å². The summed E-state index contributed by atoms with van der Waals surface area (Å²) in [5, 5.41) is 3.73. The van der Waals surface area contributed by atoms with E-state index in [4.69, 9.17) is 27.9 Å². The number of carbonyl (C=O) groups is 1. The summed E-state index contributed by atoms with van der Waals surface area (Å²) in [6.07, 6.45) is 1.00. The lowest BCUT2D eigenvalue weighted by Crippen LogP contribution is -2.43. The molecule has 10 heteroatoms. The Hall–Kier alpha value is -1.84. The van der Waals surface area contributed by atoms with Crippen LogP contribution in [0.15, 0.2) is 42.5 Å². The average molecular weight is 526 g/mol. The maximum atomic E-state index is 12.8. The van der Waals surface area contributed by atoms with Gasteiger partial charge >= 0.3 is 0 Å². The molecule has 0 radical (unpaired) electrons. The van der Waals surface area contributed by atoms with Crippen LogP contribution < -0.4 is 10.2 Å². The molecule has 0 spiro atoms. The number of ether oxygens (including phenoxy) is 1. The lowest BCUT2D eigenvalue weighted by atomic mass is 9.97. The molecule has 2 aromatic carbocycles. The second-order valence-electron chi connectivity index (χ2n) is 8.66. The molecule has 0 aliphatic carbocycles. The number of halogens is 2. The third-order valence-corrected chi connectivity index (χ3v) is 8.92. The first-order valence-corrected chi connectivity index (χ1v) is 13.8. The Morgan fingerprint density at radius 3 is 2.24 bits per heavy atom. The summed E-state index contributed by atoms with van der Waals surface area (Å²) in [6.45, 7) is 4.38. The number of nitrogens with zero attached hydrogens (tertiary/aromatic N) is 2. The minimum Gasteiger partial charge on any atom is -0.378 e. The molecule has 2 aliphatic rings. The third-order valence-electron chi connectivity index (χ3n) is 6.33. The fourth-order valence-corrected chi connectivity index (χ4v) is 6.18. The van der Waals surface area contributed by atoms with Crippen molar-refractivity contribution in [1.82, 2.24) is 9.62 Å². The van der Waals surface area contributed by atoms with Crippen LogP contribution in [-0.4, -0.2) is 58.0 Å². The Labute approximate surface area is 211 Å². The highest BCUT2D eigenvalue weighted by atomic mass is 35.5. The van der Waals surface area contributed by atoms with Crippen LogP contribution in [0.4, 0.5) is 5.69 Å². The van der Waals surface area contributed by atoms with Gasteiger partial charge in [-0.05, 0) is 48.2 Å². The van der Waals surface area contributed by atoms with E-state index in [0.29, 0.717) is 48.1 Å². The van der Waals surface area contributed by atoms with E-state index in [9.17, 15) is 13.2 Å². The van der Waals surface area contributed by atoms with Crippen LogP contribution in [0.3, 0.4) is 0 Å². The molecule has 0 unspecified atom stereocenters. The van der Waals surface area contributed by atoms with Gasteiger partial charge in [-0.25, -0.2) is 12.7 Å². The van der Waals surface area contributed by atoms with Crippen LogP contribution in [0, 0.1) is 5.92 Å². The minimum absolute atomic E-state index is 0.0289. The number of amides is 1. The maximum Gasteiger partial charge on any atom is 0.223 e. The molecule has 184 valence electrons. The quantitative estimate of drug-likeness (QED) is 0.596. The van der Waals surface area contributed by atoms with Crippen molar-refractivity contribution in [3.8, 4) is 0 Å². The molecule has 7 nitrogen and oxygen atoms in total. The summed E-state index contributed by atoms with van der Waals surface area (Å²) in [5.41, 5.74) is 2.79. The number of rotatable bonds is 7. The zero-order valence-corrected chi connectivity index (χ0v) is 21.2. The van der Waals surface area contributed by atoms with Crippen LogP contribution in [0.1, 0.15) is 24.0 Å². The Kier molecular flexibility index (Phi) is 8.37. The molecule has 4 rings (SSSR count). The van der Waals surface area contributed by atoms with Crippen molar-refractivity contribution >= 4 is 44.8 Å². The van der Waals surface area contributed by atoms with Gasteiger partial charge in [0.1, 0.15) is 0 Å². The number of nitrogens with one attached hydrogen (secondary N) is 1. The van der Waals surface area contributed by atoms with Gasteiger partial charge in [-0.2, -0.15) is 0 Å². The van der Waals surface area contributed by atoms with Crippen LogP contribution in [-0.2, 0) is 31.9 Å². The predicted octanol–water partition coefficient (Wildman–Crippen LogP) is 3.69. The van der Waals surface area contributed by atoms with Gasteiger partial charge in [0, 0.05) is 44.3 Å². The van der Waals surface area contributed by atoms with Crippen molar-refractivity contribution in [2.24, 2.45) is 5.92 Å². The number of carbonyl (C=O) groups excluding carboxylic acids is 1. The Balaban J connectivity index is 1.24. The molecule has 1 amide bonds. The summed E-state index contributed by atoms with van der Waals surface area (Å²) >= 11 is 11.9. The molecule has 1 N–H and O–H groups in total. The van der Waals surface area contributed by atoms with Crippen molar-refractivity contribution in [2.75, 3.05) is 44.3 Å². The fraction of sp³-hybridized carbons (Fsp3) is 0.458. The molecule has 2 fully saturated rings. The van der Waals surface area contributed by atoms with Crippen LogP contribution >= 0.6 is 23.2 Å². The normalized spacial score (nSPS) is 18.1. The second kappa shape index (κ2) is 11.3. The number of hydrogen-bond acceptors (Lipinski definition) is 5. The fourth-order valence-electron chi connectivity index (χ4n) is 4.31. The molecule has 0 aromatic heterocycles. The zero-order chi connectivity index (χ0) is 24.1. The molecule has 2 saturated heterocycles. The van der Waals surface area contributed by atoms with Gasteiger partial charge in [0.25, 0.3) is 0 Å². The maximum absolute atomic E-state index is 12.8. The van der Waals surface area contributed by atoms with Gasteiger partial charge in [-0.3, -0.25) is 4.79 Å². The number of sulfonamides is 1. The van der Waals surface area contributed by atoms with Crippen molar-refractivity contribution in [3.05, 3.63) is 63.6 Å².